The molecule has 4 rings (SSSR count). The SMILES string of the molecule is [2H]C([2H])([2H])NC(=O)c1cnc(N=C(N)C2CC2)cc1Nc1nccc(-c2ncn(C([2H])([2H])[2H])n2)c1CO. The van der Waals surface area contributed by atoms with Crippen molar-refractivity contribution in [3.8, 4) is 11.4 Å². The van der Waals surface area contributed by atoms with Crippen molar-refractivity contribution in [1.29, 1.82) is 0 Å². The van der Waals surface area contributed by atoms with Gasteiger partial charge in [0, 0.05) is 57.7 Å². The van der Waals surface area contributed by atoms with Gasteiger partial charge >= 0.3 is 0 Å². The predicted molar refractivity (Wildman–Crippen MR) is 115 cm³/mol. The number of hydrogen-bond acceptors (Lipinski definition) is 8. The van der Waals surface area contributed by atoms with Crippen LogP contribution in [0.1, 0.15) is 37.0 Å². The fourth-order valence-electron chi connectivity index (χ4n) is 2.94. The molecule has 0 aliphatic heterocycles. The lowest BCUT2D eigenvalue weighted by molar-refractivity contribution is 0.0963. The fraction of sp³-hybridized carbons (Fsp3) is 0.300. The van der Waals surface area contributed by atoms with Crippen molar-refractivity contribution < 1.29 is 18.1 Å². The molecule has 0 radical (unpaired) electrons. The van der Waals surface area contributed by atoms with Crippen LogP contribution in [0, 0.1) is 5.92 Å². The third kappa shape index (κ3) is 4.36. The summed E-state index contributed by atoms with van der Waals surface area (Å²) in [5.41, 5.74) is 6.46. The molecule has 3 aromatic rings. The van der Waals surface area contributed by atoms with Crippen LogP contribution in [0.15, 0.2) is 35.8 Å². The lowest BCUT2D eigenvalue weighted by Crippen LogP contribution is -2.20. The highest BCUT2D eigenvalue weighted by Crippen LogP contribution is 2.32. The van der Waals surface area contributed by atoms with E-state index in [1.54, 1.807) is 0 Å². The molecular formula is C20H23N9O2. The summed E-state index contributed by atoms with van der Waals surface area (Å²) >= 11 is 0. The Labute approximate surface area is 186 Å². The molecule has 1 saturated carbocycles. The summed E-state index contributed by atoms with van der Waals surface area (Å²) < 4.78 is 45.2. The van der Waals surface area contributed by atoms with E-state index in [9.17, 15) is 9.90 Å². The molecule has 5 N–H and O–H groups in total. The quantitative estimate of drug-likeness (QED) is 0.324. The van der Waals surface area contributed by atoms with Gasteiger partial charge in [0.2, 0.25) is 0 Å². The molecule has 3 heterocycles. The van der Waals surface area contributed by atoms with Gasteiger partial charge in [0.25, 0.3) is 5.91 Å². The van der Waals surface area contributed by atoms with E-state index in [1.165, 1.54) is 18.3 Å². The van der Waals surface area contributed by atoms with Crippen molar-refractivity contribution in [1.82, 2.24) is 30.0 Å². The van der Waals surface area contributed by atoms with Gasteiger partial charge in [0.05, 0.1) is 17.9 Å². The number of hydrogen-bond donors (Lipinski definition) is 4. The number of aliphatic imine (C=N–C) groups is 1. The Morgan fingerprint density at radius 2 is 2.29 bits per heavy atom. The summed E-state index contributed by atoms with van der Waals surface area (Å²) in [4.78, 5) is 29.4. The average molecular weight is 428 g/mol. The molecule has 0 spiro atoms. The number of nitrogens with two attached hydrogens (primary N) is 1. The third-order valence-electron chi connectivity index (χ3n) is 4.69. The smallest absolute Gasteiger partial charge is 0.254 e. The average Bonchev–Trinajstić information content (AvgIpc) is 3.53. The van der Waals surface area contributed by atoms with E-state index in [4.69, 9.17) is 14.0 Å². The summed E-state index contributed by atoms with van der Waals surface area (Å²) in [5.74, 6) is -0.0752. The highest BCUT2D eigenvalue weighted by Gasteiger charge is 2.26. The highest BCUT2D eigenvalue weighted by atomic mass is 16.3. The minimum Gasteiger partial charge on any atom is -0.392 e. The van der Waals surface area contributed by atoms with E-state index in [0.29, 0.717) is 16.1 Å². The molecular weight excluding hydrogens is 398 g/mol. The van der Waals surface area contributed by atoms with Crippen LogP contribution in [-0.2, 0) is 13.6 Å². The molecule has 11 nitrogen and oxygen atoms in total. The number of aryl methyl sites for hydroxylation is 1. The Morgan fingerprint density at radius 3 is 3.00 bits per heavy atom. The van der Waals surface area contributed by atoms with Crippen molar-refractivity contribution >= 4 is 29.1 Å². The molecule has 3 aromatic heterocycles. The monoisotopic (exact) mass is 427 g/mol. The van der Waals surface area contributed by atoms with Crippen molar-refractivity contribution in [2.45, 2.75) is 19.4 Å². The summed E-state index contributed by atoms with van der Waals surface area (Å²) in [6, 6.07) is 2.90. The van der Waals surface area contributed by atoms with Gasteiger partial charge < -0.3 is 21.5 Å². The molecule has 11 heteroatoms. The zero-order valence-electron chi connectivity index (χ0n) is 22.2. The first-order valence-electron chi connectivity index (χ1n) is 12.3. The Hall–Kier alpha value is -3.86. The van der Waals surface area contributed by atoms with E-state index in [-0.39, 0.29) is 40.2 Å². The first-order chi connectivity index (χ1) is 17.4. The van der Waals surface area contributed by atoms with Crippen molar-refractivity contribution in [2.75, 3.05) is 12.3 Å². The number of anilines is 2. The molecule has 1 fully saturated rings. The number of carbonyl (C=O) groups excluding carboxylic acids is 1. The first-order valence-corrected chi connectivity index (χ1v) is 9.30. The summed E-state index contributed by atoms with van der Waals surface area (Å²) in [6.45, 7) is -5.83. The third-order valence-corrected chi connectivity index (χ3v) is 4.69. The van der Waals surface area contributed by atoms with Gasteiger partial charge in [0.1, 0.15) is 18.0 Å². The lowest BCUT2D eigenvalue weighted by Gasteiger charge is -2.15. The van der Waals surface area contributed by atoms with E-state index >= 15 is 0 Å². The van der Waals surface area contributed by atoms with Crippen LogP contribution in [0.3, 0.4) is 0 Å². The van der Waals surface area contributed by atoms with Crippen molar-refractivity contribution in [2.24, 2.45) is 23.6 Å². The van der Waals surface area contributed by atoms with Gasteiger partial charge in [-0.15, -0.1) is 0 Å². The van der Waals surface area contributed by atoms with Gasteiger partial charge in [-0.05, 0) is 18.9 Å². The molecule has 0 aromatic carbocycles. The second kappa shape index (κ2) is 8.48. The number of aliphatic hydroxyl groups is 1. The number of amides is 1. The van der Waals surface area contributed by atoms with Crippen LogP contribution in [0.5, 0.6) is 0 Å². The van der Waals surface area contributed by atoms with E-state index in [1.807, 2.05) is 5.32 Å². The van der Waals surface area contributed by atoms with E-state index in [2.05, 4.69) is 30.4 Å². The largest absolute Gasteiger partial charge is 0.392 e. The van der Waals surface area contributed by atoms with Crippen LogP contribution in [0.25, 0.3) is 11.4 Å². The number of aliphatic hydroxyl groups excluding tert-OH is 1. The minimum atomic E-state index is -2.75. The normalized spacial score (nSPS) is 17.5. The van der Waals surface area contributed by atoms with Gasteiger partial charge in [-0.3, -0.25) is 9.48 Å². The number of aromatic nitrogens is 5. The maximum atomic E-state index is 12.7. The van der Waals surface area contributed by atoms with Crippen LogP contribution in [0.4, 0.5) is 17.3 Å². The zero-order valence-corrected chi connectivity index (χ0v) is 16.2. The molecule has 0 saturated heterocycles. The topological polar surface area (TPSA) is 156 Å². The fourth-order valence-corrected chi connectivity index (χ4v) is 2.94. The number of rotatable bonds is 7. The molecule has 1 aliphatic rings. The molecule has 1 aliphatic carbocycles. The second-order valence-corrected chi connectivity index (χ2v) is 6.83. The molecule has 0 unspecified atom stereocenters. The molecule has 31 heavy (non-hydrogen) atoms. The van der Waals surface area contributed by atoms with E-state index in [0.717, 1.165) is 25.4 Å². The minimum absolute atomic E-state index is 0.0308. The van der Waals surface area contributed by atoms with Crippen LogP contribution in [-0.4, -0.2) is 48.6 Å². The first kappa shape index (κ1) is 14.2. The Balaban J connectivity index is 1.75. The summed E-state index contributed by atoms with van der Waals surface area (Å²) in [6.07, 6.45) is 5.42. The Morgan fingerprint density at radius 1 is 1.42 bits per heavy atom. The molecule has 0 bridgehead atoms. The number of pyridine rings is 2. The standard InChI is InChI=1S/C20H23N9O2/c1-22-20(31)13-8-24-16(27-17(21)11-3-4-11)7-15(13)26-18-14(9-30)12(5-6-23-18)19-25-10-29(2)28-19/h5-8,10-11,30H,3-4,9H2,1-2H3,(H,22,31)(H3,21,23,24,26,27)/i1D3,2D3. The maximum absolute atomic E-state index is 12.7. The van der Waals surface area contributed by atoms with Gasteiger partial charge in [-0.1, -0.05) is 0 Å². The van der Waals surface area contributed by atoms with Gasteiger partial charge in [-0.2, -0.15) is 5.10 Å². The second-order valence-electron chi connectivity index (χ2n) is 6.83. The lowest BCUT2D eigenvalue weighted by atomic mass is 10.1. The van der Waals surface area contributed by atoms with Crippen LogP contribution < -0.4 is 16.4 Å². The Bertz CT molecular complexity index is 1350. The van der Waals surface area contributed by atoms with Gasteiger partial charge in [0.15, 0.2) is 11.6 Å². The van der Waals surface area contributed by atoms with Crippen LogP contribution in [0.2, 0.25) is 0 Å². The predicted octanol–water partition coefficient (Wildman–Crippen LogP) is 1.27. The zero-order chi connectivity index (χ0) is 27.0. The number of amidine groups is 1. The highest BCUT2D eigenvalue weighted by molar-refractivity contribution is 6.00. The molecule has 0 atom stereocenters. The van der Waals surface area contributed by atoms with Gasteiger partial charge in [-0.25, -0.2) is 19.9 Å². The number of carbonyl (C=O) groups is 1. The number of nitrogens with one attached hydrogen (secondary N) is 2. The van der Waals surface area contributed by atoms with Crippen molar-refractivity contribution in [3.05, 3.63) is 42.0 Å². The van der Waals surface area contributed by atoms with Crippen molar-refractivity contribution in [3.63, 3.8) is 0 Å². The summed E-state index contributed by atoms with van der Waals surface area (Å²) in [5, 5.41) is 18.9. The Kier molecular flexibility index (Phi) is 3.88. The molecule has 160 valence electrons. The summed E-state index contributed by atoms with van der Waals surface area (Å²) in [7, 11) is 0. The van der Waals surface area contributed by atoms with Crippen LogP contribution >= 0.6 is 0 Å². The number of nitrogens with zero attached hydrogens (tertiary/aromatic N) is 6. The maximum Gasteiger partial charge on any atom is 0.254 e. The molecule has 1 amide bonds. The van der Waals surface area contributed by atoms with E-state index < -0.39 is 26.5 Å².